The highest BCUT2D eigenvalue weighted by atomic mass is 32.1. The van der Waals surface area contributed by atoms with E-state index in [1.165, 1.54) is 42.1 Å². The second kappa shape index (κ2) is 11.0. The van der Waals surface area contributed by atoms with Crippen LogP contribution in [-0.4, -0.2) is 50.1 Å². The van der Waals surface area contributed by atoms with E-state index in [0.717, 1.165) is 50.9 Å². The van der Waals surface area contributed by atoms with Crippen LogP contribution in [0.25, 0.3) is 0 Å². The summed E-state index contributed by atoms with van der Waals surface area (Å²) in [5, 5.41) is 10.8. The topological polar surface area (TPSA) is 42.9 Å². The second-order valence-corrected chi connectivity index (χ2v) is 9.96. The predicted molar refractivity (Wildman–Crippen MR) is 133 cm³/mol. The van der Waals surface area contributed by atoms with Crippen LogP contribution in [0.15, 0.2) is 46.8 Å². The first kappa shape index (κ1) is 22.2. The fraction of sp³-hybridized carbons (Fsp3) is 0.560. The van der Waals surface area contributed by atoms with Crippen molar-refractivity contribution in [3.8, 4) is 0 Å². The minimum Gasteiger partial charge on any atom is -0.363 e. The molecule has 0 aliphatic carbocycles. The molecule has 0 saturated carbocycles. The number of guanidine groups is 1. The Morgan fingerprint density at radius 2 is 1.87 bits per heavy atom. The van der Waals surface area contributed by atoms with Crippen molar-refractivity contribution in [3.63, 3.8) is 0 Å². The van der Waals surface area contributed by atoms with E-state index in [4.69, 9.17) is 0 Å². The first-order valence-corrected chi connectivity index (χ1v) is 12.6. The zero-order valence-electron chi connectivity index (χ0n) is 19.0. The normalized spacial score (nSPS) is 21.3. The third-order valence-corrected chi connectivity index (χ3v) is 7.51. The van der Waals surface area contributed by atoms with Crippen LogP contribution < -0.4 is 15.5 Å². The molecule has 0 spiro atoms. The fourth-order valence-corrected chi connectivity index (χ4v) is 5.60. The van der Waals surface area contributed by atoms with Gasteiger partial charge in [0, 0.05) is 45.8 Å². The summed E-state index contributed by atoms with van der Waals surface area (Å²) < 4.78 is 0. The van der Waals surface area contributed by atoms with Gasteiger partial charge in [-0.3, -0.25) is 9.89 Å². The maximum absolute atomic E-state index is 4.49. The summed E-state index contributed by atoms with van der Waals surface area (Å²) in [6, 6.07) is 13.7. The Bertz CT molecular complexity index is 826. The van der Waals surface area contributed by atoms with Crippen molar-refractivity contribution in [2.24, 2.45) is 10.9 Å². The number of hydrogen-bond donors (Lipinski definition) is 2. The van der Waals surface area contributed by atoms with Crippen LogP contribution in [-0.2, 0) is 13.1 Å². The Hall–Kier alpha value is -2.05. The lowest BCUT2D eigenvalue weighted by Gasteiger charge is -2.33. The van der Waals surface area contributed by atoms with Crippen LogP contribution in [0, 0.1) is 5.92 Å². The molecule has 2 N–H and O–H groups in total. The molecule has 1 unspecified atom stereocenters. The summed E-state index contributed by atoms with van der Waals surface area (Å²) in [5.74, 6) is 1.73. The van der Waals surface area contributed by atoms with Crippen molar-refractivity contribution < 1.29 is 0 Å². The zero-order chi connectivity index (χ0) is 21.5. The lowest BCUT2D eigenvalue weighted by molar-refractivity contribution is 0.176. The summed E-state index contributed by atoms with van der Waals surface area (Å²) in [5.41, 5.74) is 2.81. The molecule has 31 heavy (non-hydrogen) atoms. The number of likely N-dealkylation sites (tertiary alicyclic amines) is 1. The van der Waals surface area contributed by atoms with E-state index < -0.39 is 0 Å². The molecule has 0 radical (unpaired) electrons. The van der Waals surface area contributed by atoms with Gasteiger partial charge >= 0.3 is 0 Å². The average Bonchev–Trinajstić information content (AvgIpc) is 3.33. The quantitative estimate of drug-likeness (QED) is 0.520. The van der Waals surface area contributed by atoms with Gasteiger partial charge in [-0.05, 0) is 66.8 Å². The highest BCUT2D eigenvalue weighted by molar-refractivity contribution is 7.14. The van der Waals surface area contributed by atoms with Crippen LogP contribution in [0.1, 0.15) is 43.7 Å². The van der Waals surface area contributed by atoms with Gasteiger partial charge in [-0.2, -0.15) is 0 Å². The largest absolute Gasteiger partial charge is 0.363 e. The molecule has 1 aromatic heterocycles. The number of piperidine rings is 2. The molecule has 2 aliphatic rings. The smallest absolute Gasteiger partial charge is 0.191 e. The third-order valence-electron chi connectivity index (χ3n) is 6.58. The molecule has 2 fully saturated rings. The van der Waals surface area contributed by atoms with Gasteiger partial charge in [-0.15, -0.1) is 11.3 Å². The molecule has 0 bridgehead atoms. The number of benzene rings is 1. The molecule has 3 heterocycles. The van der Waals surface area contributed by atoms with E-state index in [9.17, 15) is 0 Å². The van der Waals surface area contributed by atoms with Gasteiger partial charge < -0.3 is 15.5 Å². The maximum Gasteiger partial charge on any atom is 0.191 e. The molecule has 1 aromatic carbocycles. The molecule has 6 heteroatoms. The van der Waals surface area contributed by atoms with E-state index in [0.29, 0.717) is 6.04 Å². The van der Waals surface area contributed by atoms with E-state index in [2.05, 4.69) is 74.1 Å². The molecule has 5 nitrogen and oxygen atoms in total. The molecular formula is C25H37N5S. The molecule has 168 valence electrons. The van der Waals surface area contributed by atoms with Crippen molar-refractivity contribution in [1.82, 2.24) is 15.5 Å². The van der Waals surface area contributed by atoms with Gasteiger partial charge in [0.15, 0.2) is 5.96 Å². The number of nitrogens with one attached hydrogen (secondary N) is 2. The molecule has 2 saturated heterocycles. The summed E-state index contributed by atoms with van der Waals surface area (Å²) >= 11 is 1.83. The van der Waals surface area contributed by atoms with E-state index in [1.54, 1.807) is 0 Å². The molecule has 2 aliphatic heterocycles. The van der Waals surface area contributed by atoms with E-state index in [-0.39, 0.29) is 0 Å². The summed E-state index contributed by atoms with van der Waals surface area (Å²) in [4.78, 5) is 9.60. The number of thiophene rings is 1. The van der Waals surface area contributed by atoms with E-state index in [1.807, 2.05) is 18.4 Å². The van der Waals surface area contributed by atoms with Gasteiger partial charge in [-0.25, -0.2) is 0 Å². The minimum absolute atomic E-state index is 0.479. The van der Waals surface area contributed by atoms with Gasteiger partial charge in [0.2, 0.25) is 0 Å². The predicted octanol–water partition coefficient (Wildman–Crippen LogP) is 4.31. The lowest BCUT2D eigenvalue weighted by Crippen LogP contribution is -2.48. The number of rotatable bonds is 6. The van der Waals surface area contributed by atoms with Crippen LogP contribution in [0.4, 0.5) is 5.00 Å². The molecular weight excluding hydrogens is 402 g/mol. The van der Waals surface area contributed by atoms with Gasteiger partial charge in [-0.1, -0.05) is 31.2 Å². The van der Waals surface area contributed by atoms with Crippen LogP contribution in [0.5, 0.6) is 0 Å². The number of hydrogen-bond acceptors (Lipinski definition) is 4. The highest BCUT2D eigenvalue weighted by Gasteiger charge is 2.21. The average molecular weight is 440 g/mol. The zero-order valence-corrected chi connectivity index (χ0v) is 19.8. The van der Waals surface area contributed by atoms with Crippen LogP contribution in [0.2, 0.25) is 0 Å². The Kier molecular flexibility index (Phi) is 7.86. The molecule has 0 amide bonds. The summed E-state index contributed by atoms with van der Waals surface area (Å²) in [7, 11) is 1.87. The molecule has 2 aromatic rings. The minimum atomic E-state index is 0.479. The van der Waals surface area contributed by atoms with Crippen molar-refractivity contribution in [1.29, 1.82) is 0 Å². The Balaban J connectivity index is 1.27. The Labute approximate surface area is 191 Å². The summed E-state index contributed by atoms with van der Waals surface area (Å²) in [6.07, 6.45) is 4.97. The van der Waals surface area contributed by atoms with Gasteiger partial charge in [0.25, 0.3) is 0 Å². The van der Waals surface area contributed by atoms with Crippen LogP contribution in [0.3, 0.4) is 0 Å². The van der Waals surface area contributed by atoms with Crippen molar-refractivity contribution in [2.45, 2.75) is 51.7 Å². The Morgan fingerprint density at radius 3 is 2.58 bits per heavy atom. The SMILES string of the molecule is CN=C(NCc1ccccc1CN1CCCC(C)C1)NC1CCN(c2cccs2)CC1. The number of anilines is 1. The Morgan fingerprint density at radius 1 is 1.06 bits per heavy atom. The molecule has 1 atom stereocenters. The fourth-order valence-electron chi connectivity index (χ4n) is 4.82. The van der Waals surface area contributed by atoms with Gasteiger partial charge in [0.1, 0.15) is 0 Å². The standard InChI is InChI=1S/C25H37N5S/c1-20-7-5-13-29(18-20)19-22-9-4-3-8-21(22)17-27-25(26-2)28-23-11-14-30(15-12-23)24-10-6-16-31-24/h3-4,6,8-10,16,20,23H,5,7,11-15,17-19H2,1-2H3,(H2,26,27,28). The second-order valence-electron chi connectivity index (χ2n) is 9.03. The summed E-state index contributed by atoms with van der Waals surface area (Å²) in [6.45, 7) is 8.88. The third kappa shape index (κ3) is 6.23. The van der Waals surface area contributed by atoms with Crippen molar-refractivity contribution in [3.05, 3.63) is 52.9 Å². The van der Waals surface area contributed by atoms with E-state index >= 15 is 0 Å². The first-order chi connectivity index (χ1) is 15.2. The first-order valence-electron chi connectivity index (χ1n) is 11.8. The highest BCUT2D eigenvalue weighted by Crippen LogP contribution is 2.25. The van der Waals surface area contributed by atoms with Gasteiger partial charge in [0.05, 0.1) is 5.00 Å². The van der Waals surface area contributed by atoms with Crippen molar-refractivity contribution in [2.75, 3.05) is 38.1 Å². The lowest BCUT2D eigenvalue weighted by atomic mass is 9.99. The molecule has 4 rings (SSSR count). The maximum atomic E-state index is 4.49. The number of aliphatic imine (C=N–C) groups is 1. The van der Waals surface area contributed by atoms with Crippen LogP contribution >= 0.6 is 11.3 Å². The number of nitrogens with zero attached hydrogens (tertiary/aromatic N) is 3. The monoisotopic (exact) mass is 439 g/mol. The van der Waals surface area contributed by atoms with Crippen molar-refractivity contribution >= 4 is 22.3 Å².